The fraction of sp³-hybridized carbons (Fsp3) is 0.222. The van der Waals surface area contributed by atoms with Crippen molar-refractivity contribution in [2.45, 2.75) is 20.3 Å². The molecule has 0 fully saturated rings. The Kier molecular flexibility index (Phi) is 3.50. The van der Waals surface area contributed by atoms with Crippen molar-refractivity contribution < 1.29 is 9.13 Å². The van der Waals surface area contributed by atoms with E-state index in [2.05, 4.69) is 0 Å². The Hall–Kier alpha value is -1.80. The van der Waals surface area contributed by atoms with Crippen LogP contribution in [-0.4, -0.2) is 7.11 Å². The summed E-state index contributed by atoms with van der Waals surface area (Å²) in [6.07, 6.45) is 0.751. The molecule has 2 aromatic rings. The fourth-order valence-corrected chi connectivity index (χ4v) is 3.12. The Bertz CT molecular complexity index is 745. The molecule has 0 atom stereocenters. The van der Waals surface area contributed by atoms with Crippen molar-refractivity contribution in [2.75, 3.05) is 7.11 Å². The van der Waals surface area contributed by atoms with E-state index in [0.29, 0.717) is 21.9 Å². The molecule has 3 rings (SSSR count). The molecule has 0 bridgehead atoms. The molecule has 0 spiro atoms. The molecule has 0 unspecified atom stereocenters. The molecule has 0 amide bonds. The van der Waals surface area contributed by atoms with Gasteiger partial charge in [0.1, 0.15) is 11.6 Å². The molecule has 0 N–H and O–H groups in total. The van der Waals surface area contributed by atoms with Gasteiger partial charge in [-0.3, -0.25) is 0 Å². The van der Waals surface area contributed by atoms with Crippen LogP contribution in [0.3, 0.4) is 0 Å². The van der Waals surface area contributed by atoms with E-state index < -0.39 is 0 Å². The number of benzene rings is 2. The summed E-state index contributed by atoms with van der Waals surface area (Å²) >= 11 is 5.94. The van der Waals surface area contributed by atoms with Gasteiger partial charge >= 0.3 is 0 Å². The first-order chi connectivity index (χ1) is 10.0. The van der Waals surface area contributed by atoms with Crippen molar-refractivity contribution in [1.29, 1.82) is 0 Å². The minimum atomic E-state index is -0.189. The number of ether oxygens (including phenoxy) is 1. The van der Waals surface area contributed by atoms with Gasteiger partial charge in [0.2, 0.25) is 0 Å². The first-order valence-electron chi connectivity index (χ1n) is 6.85. The third kappa shape index (κ3) is 2.24. The first kappa shape index (κ1) is 14.2. The molecule has 0 aromatic heterocycles. The molecule has 0 radical (unpaired) electrons. The topological polar surface area (TPSA) is 9.23 Å². The molecule has 21 heavy (non-hydrogen) atoms. The zero-order valence-electron chi connectivity index (χ0n) is 12.3. The largest absolute Gasteiger partial charge is 0.496 e. The number of fused-ring (bicyclic) bond motifs is 1. The van der Waals surface area contributed by atoms with E-state index in [1.54, 1.807) is 14.0 Å². The molecule has 0 saturated carbocycles. The van der Waals surface area contributed by atoms with Crippen molar-refractivity contribution >= 4 is 17.2 Å². The lowest BCUT2D eigenvalue weighted by Gasteiger charge is -2.13. The van der Waals surface area contributed by atoms with E-state index in [-0.39, 0.29) is 5.82 Å². The molecule has 0 saturated heterocycles. The smallest absolute Gasteiger partial charge is 0.137 e. The second kappa shape index (κ2) is 5.19. The number of halogens is 2. The highest BCUT2D eigenvalue weighted by molar-refractivity contribution is 6.30. The molecular formula is C18H16ClFO. The molecule has 1 aliphatic rings. The molecule has 3 heteroatoms. The van der Waals surface area contributed by atoms with Gasteiger partial charge in [-0.05, 0) is 55.2 Å². The van der Waals surface area contributed by atoms with Gasteiger partial charge in [0.05, 0.1) is 7.11 Å². The van der Waals surface area contributed by atoms with Crippen molar-refractivity contribution in [3.63, 3.8) is 0 Å². The van der Waals surface area contributed by atoms with Crippen molar-refractivity contribution in [2.24, 2.45) is 0 Å². The van der Waals surface area contributed by atoms with Gasteiger partial charge in [-0.1, -0.05) is 29.3 Å². The van der Waals surface area contributed by atoms with E-state index >= 15 is 0 Å². The Balaban J connectivity index is 2.21. The van der Waals surface area contributed by atoms with Crippen LogP contribution < -0.4 is 4.74 Å². The number of hydrogen-bond acceptors (Lipinski definition) is 1. The maximum Gasteiger partial charge on any atom is 0.137 e. The van der Waals surface area contributed by atoms with Crippen LogP contribution >= 0.6 is 11.6 Å². The highest BCUT2D eigenvalue weighted by atomic mass is 35.5. The zero-order chi connectivity index (χ0) is 15.1. The van der Waals surface area contributed by atoms with Gasteiger partial charge in [-0.25, -0.2) is 4.39 Å². The average Bonchev–Trinajstić information content (AvgIpc) is 2.80. The fourth-order valence-electron chi connectivity index (χ4n) is 2.99. The highest BCUT2D eigenvalue weighted by Crippen LogP contribution is 2.42. The highest BCUT2D eigenvalue weighted by Gasteiger charge is 2.26. The Morgan fingerprint density at radius 1 is 1.14 bits per heavy atom. The van der Waals surface area contributed by atoms with E-state index in [1.165, 1.54) is 5.57 Å². The molecular weight excluding hydrogens is 287 g/mol. The second-order valence-electron chi connectivity index (χ2n) is 5.39. The predicted molar refractivity (Wildman–Crippen MR) is 84.5 cm³/mol. The van der Waals surface area contributed by atoms with Gasteiger partial charge in [0, 0.05) is 16.1 Å². The second-order valence-corrected chi connectivity index (χ2v) is 5.83. The maximum absolute atomic E-state index is 14.8. The van der Waals surface area contributed by atoms with Crippen LogP contribution in [0.15, 0.2) is 35.9 Å². The third-order valence-corrected chi connectivity index (χ3v) is 4.28. The van der Waals surface area contributed by atoms with Crippen LogP contribution in [0.2, 0.25) is 5.02 Å². The van der Waals surface area contributed by atoms with Crippen LogP contribution in [0.4, 0.5) is 4.39 Å². The summed E-state index contributed by atoms with van der Waals surface area (Å²) in [5.41, 5.74) is 5.38. The quantitative estimate of drug-likeness (QED) is 0.743. The maximum atomic E-state index is 14.8. The number of hydrogen-bond donors (Lipinski definition) is 0. The Morgan fingerprint density at radius 3 is 2.43 bits per heavy atom. The summed E-state index contributed by atoms with van der Waals surface area (Å²) in [7, 11) is 1.57. The van der Waals surface area contributed by atoms with Gasteiger partial charge in [0.15, 0.2) is 0 Å². The lowest BCUT2D eigenvalue weighted by atomic mass is 9.95. The van der Waals surface area contributed by atoms with E-state index in [0.717, 1.165) is 23.1 Å². The summed E-state index contributed by atoms with van der Waals surface area (Å²) in [6.45, 7) is 3.80. The molecule has 0 aliphatic heterocycles. The number of methoxy groups -OCH3 is 1. The monoisotopic (exact) mass is 302 g/mol. The van der Waals surface area contributed by atoms with Crippen molar-refractivity contribution in [3.8, 4) is 5.75 Å². The predicted octanol–water partition coefficient (Wildman–Crippen LogP) is 5.17. The first-order valence-corrected chi connectivity index (χ1v) is 7.22. The molecule has 1 aliphatic carbocycles. The van der Waals surface area contributed by atoms with E-state index in [1.807, 2.05) is 37.3 Å². The van der Waals surface area contributed by atoms with Crippen LogP contribution in [0.1, 0.15) is 29.2 Å². The summed E-state index contributed by atoms with van der Waals surface area (Å²) < 4.78 is 20.1. The van der Waals surface area contributed by atoms with Crippen LogP contribution in [0.25, 0.3) is 5.57 Å². The average molecular weight is 303 g/mol. The number of rotatable bonds is 2. The lowest BCUT2D eigenvalue weighted by Crippen LogP contribution is -1.99. The normalized spacial score (nSPS) is 13.6. The molecule has 0 heterocycles. The number of allylic oxidation sites excluding steroid dienone is 1. The molecule has 108 valence electrons. The summed E-state index contributed by atoms with van der Waals surface area (Å²) in [6, 6.07) is 9.50. The van der Waals surface area contributed by atoms with E-state index in [4.69, 9.17) is 16.3 Å². The van der Waals surface area contributed by atoms with Gasteiger partial charge in [-0.15, -0.1) is 0 Å². The van der Waals surface area contributed by atoms with Gasteiger partial charge < -0.3 is 4.74 Å². The Labute approximate surface area is 129 Å². The van der Waals surface area contributed by atoms with E-state index in [9.17, 15) is 4.39 Å². The summed E-state index contributed by atoms with van der Waals surface area (Å²) in [4.78, 5) is 0. The minimum Gasteiger partial charge on any atom is -0.496 e. The van der Waals surface area contributed by atoms with Gasteiger partial charge in [-0.2, -0.15) is 0 Å². The third-order valence-electron chi connectivity index (χ3n) is 4.03. The van der Waals surface area contributed by atoms with Crippen LogP contribution in [0, 0.1) is 12.7 Å². The summed E-state index contributed by atoms with van der Waals surface area (Å²) in [5, 5.41) is 0.682. The Morgan fingerprint density at radius 2 is 1.81 bits per heavy atom. The van der Waals surface area contributed by atoms with Gasteiger partial charge in [0.25, 0.3) is 0 Å². The van der Waals surface area contributed by atoms with Crippen molar-refractivity contribution in [3.05, 3.63) is 69.0 Å². The zero-order valence-corrected chi connectivity index (χ0v) is 13.0. The lowest BCUT2D eigenvalue weighted by molar-refractivity contribution is 0.406. The molecule has 2 aromatic carbocycles. The molecule has 1 nitrogen and oxygen atoms in total. The van der Waals surface area contributed by atoms with Crippen LogP contribution in [0.5, 0.6) is 5.75 Å². The standard InChI is InChI=1S/C18H16ClFO/c1-10-8-13-9-15(21-3)11(2)18(20)17(13)16(10)12-4-6-14(19)7-5-12/h4-7,9H,8H2,1-3H3. The van der Waals surface area contributed by atoms with Crippen molar-refractivity contribution in [1.82, 2.24) is 0 Å². The SMILES string of the molecule is COc1cc2c(c(F)c1C)C(c1ccc(Cl)cc1)=C(C)C2. The van der Waals surface area contributed by atoms with Crippen LogP contribution in [-0.2, 0) is 6.42 Å². The summed E-state index contributed by atoms with van der Waals surface area (Å²) in [5.74, 6) is 0.419. The minimum absolute atomic E-state index is 0.189.